The Hall–Kier alpha value is 0.233. The fourth-order valence-electron chi connectivity index (χ4n) is 0.517. The molecule has 0 N–H and O–H groups in total. The zero-order valence-electron chi connectivity index (χ0n) is 5.85. The van der Waals surface area contributed by atoms with Crippen LogP contribution in [0.3, 0.4) is 0 Å². The van der Waals surface area contributed by atoms with Crippen molar-refractivity contribution in [3.8, 4) is 0 Å². The molecule has 0 spiro atoms. The third-order valence-corrected chi connectivity index (χ3v) is 3.25. The van der Waals surface area contributed by atoms with Crippen molar-refractivity contribution in [3.05, 3.63) is 10.7 Å². The average molecular weight is 163 g/mol. The SMILES string of the molecule is C[CH]=[Zn][CH]=CCCC. The zero-order chi connectivity index (χ0) is 6.24. The predicted octanol–water partition coefficient (Wildman–Crippen LogP) is 2.20. The molecule has 8 heavy (non-hydrogen) atoms. The van der Waals surface area contributed by atoms with Crippen LogP contribution in [0.5, 0.6) is 0 Å². The van der Waals surface area contributed by atoms with Crippen LogP contribution in [0.1, 0.15) is 26.7 Å². The zero-order valence-corrected chi connectivity index (χ0v) is 8.82. The molecule has 1 heteroatoms. The van der Waals surface area contributed by atoms with Gasteiger partial charge in [0.2, 0.25) is 0 Å². The van der Waals surface area contributed by atoms with E-state index < -0.39 is 0 Å². The van der Waals surface area contributed by atoms with E-state index in [1.54, 1.807) is 0 Å². The average Bonchev–Trinajstić information content (AvgIpc) is 1.81. The van der Waals surface area contributed by atoms with E-state index in [1.165, 1.54) is 12.8 Å². The van der Waals surface area contributed by atoms with E-state index in [1.807, 2.05) is 0 Å². The first-order valence-corrected chi connectivity index (χ1v) is 6.77. The second kappa shape index (κ2) is 7.23. The van der Waals surface area contributed by atoms with E-state index in [9.17, 15) is 0 Å². The molecule has 0 radical (unpaired) electrons. The maximum absolute atomic E-state index is 2.40. The third-order valence-electron chi connectivity index (χ3n) is 0.994. The van der Waals surface area contributed by atoms with Crippen LogP contribution < -0.4 is 0 Å². The van der Waals surface area contributed by atoms with Crippen molar-refractivity contribution in [1.29, 1.82) is 0 Å². The van der Waals surface area contributed by atoms with Crippen LogP contribution in [0.25, 0.3) is 0 Å². The Morgan fingerprint density at radius 3 is 2.75 bits per heavy atom. The molecule has 0 aliphatic carbocycles. The molecule has 0 aromatic carbocycles. The molecule has 0 saturated carbocycles. The number of allylic oxidation sites excluding steroid dienone is 1. The second-order valence-electron chi connectivity index (χ2n) is 1.90. The Bertz CT molecular complexity index is 82.4. The van der Waals surface area contributed by atoms with Gasteiger partial charge in [0.15, 0.2) is 0 Å². The third kappa shape index (κ3) is 6.23. The first-order chi connectivity index (χ1) is 3.91. The summed E-state index contributed by atoms with van der Waals surface area (Å²) in [6, 6.07) is 0. The van der Waals surface area contributed by atoms with Gasteiger partial charge in [-0.3, -0.25) is 0 Å². The summed E-state index contributed by atoms with van der Waals surface area (Å²) in [5, 5.41) is 0. The Morgan fingerprint density at radius 1 is 1.50 bits per heavy atom. The topological polar surface area (TPSA) is 0 Å². The van der Waals surface area contributed by atoms with E-state index in [0.29, 0.717) is 0 Å². The molecular formula is C7H13Zn. The van der Waals surface area contributed by atoms with Crippen molar-refractivity contribution in [1.82, 2.24) is 0 Å². The van der Waals surface area contributed by atoms with Gasteiger partial charge >= 0.3 is 58.7 Å². The Balaban J connectivity index is 3.07. The van der Waals surface area contributed by atoms with E-state index in [0.717, 1.165) is 0 Å². The van der Waals surface area contributed by atoms with Crippen LogP contribution in [0.4, 0.5) is 0 Å². The summed E-state index contributed by atoms with van der Waals surface area (Å²) in [6.07, 6.45) is 4.89. The normalized spacial score (nSPS) is 10.8. The summed E-state index contributed by atoms with van der Waals surface area (Å²) < 4.78 is 4.75. The van der Waals surface area contributed by atoms with Crippen molar-refractivity contribution in [3.63, 3.8) is 0 Å². The summed E-state index contributed by atoms with van der Waals surface area (Å²) in [7, 11) is 0. The first-order valence-electron chi connectivity index (χ1n) is 3.34. The van der Waals surface area contributed by atoms with E-state index >= 15 is 0 Å². The van der Waals surface area contributed by atoms with Gasteiger partial charge in [0.05, 0.1) is 0 Å². The molecule has 0 rings (SSSR count). The Morgan fingerprint density at radius 2 is 2.25 bits per heavy atom. The summed E-state index contributed by atoms with van der Waals surface area (Å²) in [6.45, 7) is 4.38. The molecular weight excluding hydrogens is 149 g/mol. The van der Waals surface area contributed by atoms with E-state index in [4.69, 9.17) is 0 Å². The molecule has 0 heterocycles. The molecule has 0 nitrogen and oxygen atoms in total. The molecule has 0 aliphatic heterocycles. The van der Waals surface area contributed by atoms with Crippen molar-refractivity contribution in [2.24, 2.45) is 0 Å². The molecule has 0 aromatic rings. The molecule has 43 valence electrons. The van der Waals surface area contributed by atoms with Gasteiger partial charge in [0, 0.05) is 0 Å². The van der Waals surface area contributed by atoms with Crippen LogP contribution in [0.2, 0.25) is 0 Å². The van der Waals surface area contributed by atoms with Gasteiger partial charge in [0.25, 0.3) is 0 Å². The van der Waals surface area contributed by atoms with Gasteiger partial charge in [-0.05, 0) is 0 Å². The van der Waals surface area contributed by atoms with Crippen molar-refractivity contribution < 1.29 is 16.7 Å². The quantitative estimate of drug-likeness (QED) is 0.559. The van der Waals surface area contributed by atoms with Gasteiger partial charge in [-0.15, -0.1) is 0 Å². The molecule has 0 atom stereocenters. The minimum atomic E-state index is -0.264. The predicted molar refractivity (Wildman–Crippen MR) is 35.8 cm³/mol. The number of rotatable bonds is 3. The van der Waals surface area contributed by atoms with Crippen molar-refractivity contribution >= 4 is 4.61 Å². The van der Waals surface area contributed by atoms with Crippen LogP contribution in [-0.2, 0) is 16.7 Å². The summed E-state index contributed by atoms with van der Waals surface area (Å²) in [5.41, 5.74) is 0. The summed E-state index contributed by atoms with van der Waals surface area (Å²) in [4.78, 5) is 0. The maximum atomic E-state index is 2.40. The molecule has 0 saturated heterocycles. The van der Waals surface area contributed by atoms with Gasteiger partial charge in [-0.1, -0.05) is 0 Å². The van der Waals surface area contributed by atoms with Gasteiger partial charge in [0.1, 0.15) is 0 Å². The Labute approximate surface area is 59.1 Å². The monoisotopic (exact) mass is 161 g/mol. The molecule has 0 unspecified atom stereocenters. The fraction of sp³-hybridized carbons (Fsp3) is 0.571. The molecule has 0 amide bonds. The van der Waals surface area contributed by atoms with Crippen molar-refractivity contribution in [2.45, 2.75) is 26.7 Å². The molecule has 0 bridgehead atoms. The molecule has 0 aliphatic rings. The summed E-state index contributed by atoms with van der Waals surface area (Å²) >= 11 is -0.264. The molecule has 0 fully saturated rings. The van der Waals surface area contributed by atoms with Gasteiger partial charge < -0.3 is 0 Å². The Kier molecular flexibility index (Phi) is 7.44. The number of hydrogen-bond donors (Lipinski definition) is 0. The van der Waals surface area contributed by atoms with E-state index in [2.05, 4.69) is 29.2 Å². The van der Waals surface area contributed by atoms with Gasteiger partial charge in [-0.25, -0.2) is 0 Å². The van der Waals surface area contributed by atoms with E-state index in [-0.39, 0.29) is 16.7 Å². The first kappa shape index (κ1) is 8.23. The van der Waals surface area contributed by atoms with Crippen molar-refractivity contribution in [2.75, 3.05) is 0 Å². The minimum absolute atomic E-state index is 0.264. The van der Waals surface area contributed by atoms with Crippen LogP contribution in [0.15, 0.2) is 10.7 Å². The standard InChI is InChI=1S/C5H9.C2H4.Zn/c1-3-5-4-2;1-2;/h1,3H,4-5H2,2H3;1H,2H3;. The van der Waals surface area contributed by atoms with Crippen LogP contribution in [-0.4, -0.2) is 4.61 Å². The van der Waals surface area contributed by atoms with Crippen LogP contribution in [0, 0.1) is 0 Å². The van der Waals surface area contributed by atoms with Crippen LogP contribution >= 0.6 is 0 Å². The van der Waals surface area contributed by atoms with Gasteiger partial charge in [-0.2, -0.15) is 0 Å². The molecule has 0 aromatic heterocycles. The number of unbranched alkanes of at least 4 members (excludes halogenated alkanes) is 1. The summed E-state index contributed by atoms with van der Waals surface area (Å²) in [5.74, 6) is 0. The number of hydrogen-bond acceptors (Lipinski definition) is 0. The second-order valence-corrected chi connectivity index (χ2v) is 5.60. The fourth-order valence-corrected chi connectivity index (χ4v) is 1.99.